The second-order valence-electron chi connectivity index (χ2n) is 4.96. The van der Waals surface area contributed by atoms with Crippen molar-refractivity contribution in [2.75, 3.05) is 6.61 Å². The van der Waals surface area contributed by atoms with E-state index in [9.17, 15) is 13.9 Å². The number of aliphatic hydroxyl groups excluding tert-OH is 1. The summed E-state index contributed by atoms with van der Waals surface area (Å²) in [6.45, 7) is 2.10. The van der Waals surface area contributed by atoms with Crippen molar-refractivity contribution in [1.82, 2.24) is 5.32 Å². The average molecular weight is 277 g/mol. The van der Waals surface area contributed by atoms with Crippen LogP contribution >= 0.6 is 0 Å². The first-order chi connectivity index (χ1) is 9.55. The maximum Gasteiger partial charge on any atom is 0.159 e. The van der Waals surface area contributed by atoms with Gasteiger partial charge in [-0.05, 0) is 30.2 Å². The van der Waals surface area contributed by atoms with Gasteiger partial charge in [0.25, 0.3) is 0 Å². The van der Waals surface area contributed by atoms with Gasteiger partial charge >= 0.3 is 0 Å². The number of hydrogen-bond acceptors (Lipinski definition) is 2. The molecular formula is C16H17F2NO. The first-order valence-corrected chi connectivity index (χ1v) is 6.40. The molecule has 2 nitrogen and oxygen atoms in total. The molecular weight excluding hydrogens is 260 g/mol. The predicted molar refractivity (Wildman–Crippen MR) is 74.1 cm³/mol. The summed E-state index contributed by atoms with van der Waals surface area (Å²) in [5, 5.41) is 12.8. The highest BCUT2D eigenvalue weighted by Crippen LogP contribution is 2.20. The molecule has 0 fully saturated rings. The van der Waals surface area contributed by atoms with E-state index in [1.165, 1.54) is 6.07 Å². The number of benzene rings is 2. The third kappa shape index (κ3) is 3.21. The second-order valence-corrected chi connectivity index (χ2v) is 4.96. The molecule has 0 aliphatic carbocycles. The summed E-state index contributed by atoms with van der Waals surface area (Å²) in [6, 6.07) is 13.3. The minimum atomic E-state index is -0.866. The fourth-order valence-electron chi connectivity index (χ4n) is 2.00. The first-order valence-electron chi connectivity index (χ1n) is 6.40. The fourth-order valence-corrected chi connectivity index (χ4v) is 2.00. The Morgan fingerprint density at radius 3 is 2.35 bits per heavy atom. The molecule has 0 bridgehead atoms. The maximum atomic E-state index is 13.2. The molecule has 2 N–H and O–H groups in total. The summed E-state index contributed by atoms with van der Waals surface area (Å²) in [5.74, 6) is -1.73. The molecule has 0 aliphatic heterocycles. The minimum Gasteiger partial charge on any atom is -0.394 e. The van der Waals surface area contributed by atoms with Crippen LogP contribution in [0.3, 0.4) is 0 Å². The quantitative estimate of drug-likeness (QED) is 0.880. The molecule has 0 saturated heterocycles. The van der Waals surface area contributed by atoms with E-state index in [-0.39, 0.29) is 6.61 Å². The van der Waals surface area contributed by atoms with Gasteiger partial charge in [-0.25, -0.2) is 8.78 Å². The molecule has 106 valence electrons. The largest absolute Gasteiger partial charge is 0.394 e. The average Bonchev–Trinajstić information content (AvgIpc) is 2.49. The van der Waals surface area contributed by atoms with Gasteiger partial charge in [-0.2, -0.15) is 0 Å². The summed E-state index contributed by atoms with van der Waals surface area (Å²) in [7, 11) is 0. The second kappa shape index (κ2) is 6.11. The van der Waals surface area contributed by atoms with Crippen LogP contribution in [0.2, 0.25) is 0 Å². The van der Waals surface area contributed by atoms with E-state index in [0.717, 1.165) is 17.7 Å². The highest BCUT2D eigenvalue weighted by molar-refractivity contribution is 5.25. The third-order valence-electron chi connectivity index (χ3n) is 3.39. The molecule has 20 heavy (non-hydrogen) atoms. The summed E-state index contributed by atoms with van der Waals surface area (Å²) in [6.07, 6.45) is 0. The lowest BCUT2D eigenvalue weighted by Gasteiger charge is -2.29. The van der Waals surface area contributed by atoms with E-state index in [2.05, 4.69) is 5.32 Å². The van der Waals surface area contributed by atoms with Crippen molar-refractivity contribution in [3.8, 4) is 0 Å². The number of halogens is 2. The molecule has 2 aromatic carbocycles. The lowest BCUT2D eigenvalue weighted by atomic mass is 9.92. The Balaban J connectivity index is 2.13. The van der Waals surface area contributed by atoms with E-state index in [1.807, 2.05) is 37.3 Å². The van der Waals surface area contributed by atoms with Gasteiger partial charge in [0.15, 0.2) is 11.6 Å². The van der Waals surface area contributed by atoms with Gasteiger partial charge in [0, 0.05) is 6.54 Å². The lowest BCUT2D eigenvalue weighted by molar-refractivity contribution is 0.173. The van der Waals surface area contributed by atoms with Gasteiger partial charge in [0.2, 0.25) is 0 Å². The molecule has 0 heterocycles. The summed E-state index contributed by atoms with van der Waals surface area (Å²) >= 11 is 0. The Kier molecular flexibility index (Phi) is 4.47. The molecule has 0 radical (unpaired) electrons. The van der Waals surface area contributed by atoms with Crippen LogP contribution in [0.5, 0.6) is 0 Å². The molecule has 0 aromatic heterocycles. The maximum absolute atomic E-state index is 13.2. The Morgan fingerprint density at radius 2 is 1.75 bits per heavy atom. The highest BCUT2D eigenvalue weighted by Gasteiger charge is 2.24. The predicted octanol–water partition coefficient (Wildman–Crippen LogP) is 2.96. The molecule has 0 aliphatic rings. The summed E-state index contributed by atoms with van der Waals surface area (Å²) < 4.78 is 26.0. The van der Waals surface area contributed by atoms with Crippen molar-refractivity contribution in [2.45, 2.75) is 19.0 Å². The zero-order chi connectivity index (χ0) is 14.6. The van der Waals surface area contributed by atoms with Crippen molar-refractivity contribution in [3.05, 3.63) is 71.3 Å². The Hall–Kier alpha value is -1.78. The van der Waals surface area contributed by atoms with Crippen molar-refractivity contribution in [2.24, 2.45) is 0 Å². The SMILES string of the molecule is CC(CO)(NCc1ccc(F)c(F)c1)c1ccccc1. The number of rotatable bonds is 5. The van der Waals surface area contributed by atoms with Gasteiger partial charge in [0.05, 0.1) is 12.1 Å². The van der Waals surface area contributed by atoms with Crippen LogP contribution in [0.25, 0.3) is 0 Å². The van der Waals surface area contributed by atoms with Gasteiger partial charge < -0.3 is 10.4 Å². The topological polar surface area (TPSA) is 32.3 Å². The Morgan fingerprint density at radius 1 is 1.05 bits per heavy atom. The normalized spacial score (nSPS) is 14.0. The molecule has 4 heteroatoms. The van der Waals surface area contributed by atoms with E-state index in [4.69, 9.17) is 0 Å². The first kappa shape index (κ1) is 14.6. The monoisotopic (exact) mass is 277 g/mol. The van der Waals surface area contributed by atoms with Crippen molar-refractivity contribution in [1.29, 1.82) is 0 Å². The van der Waals surface area contributed by atoms with Crippen LogP contribution in [0.15, 0.2) is 48.5 Å². The van der Waals surface area contributed by atoms with Gasteiger partial charge in [-0.15, -0.1) is 0 Å². The van der Waals surface area contributed by atoms with E-state index >= 15 is 0 Å². The lowest BCUT2D eigenvalue weighted by Crippen LogP contribution is -2.42. The summed E-state index contributed by atoms with van der Waals surface area (Å²) in [4.78, 5) is 0. The number of nitrogens with one attached hydrogen (secondary N) is 1. The molecule has 2 rings (SSSR count). The summed E-state index contributed by atoms with van der Waals surface area (Å²) in [5.41, 5.74) is 0.927. The molecule has 1 unspecified atom stereocenters. The van der Waals surface area contributed by atoms with Crippen LogP contribution in [0, 0.1) is 11.6 Å². The third-order valence-corrected chi connectivity index (χ3v) is 3.39. The van der Waals surface area contributed by atoms with Crippen LogP contribution in [-0.2, 0) is 12.1 Å². The smallest absolute Gasteiger partial charge is 0.159 e. The van der Waals surface area contributed by atoms with E-state index in [1.54, 1.807) is 0 Å². The van der Waals surface area contributed by atoms with E-state index in [0.29, 0.717) is 12.1 Å². The molecule has 0 spiro atoms. The Labute approximate surface area is 117 Å². The molecule has 1 atom stereocenters. The van der Waals surface area contributed by atoms with Crippen molar-refractivity contribution >= 4 is 0 Å². The number of hydrogen-bond donors (Lipinski definition) is 2. The molecule has 0 amide bonds. The van der Waals surface area contributed by atoms with Gasteiger partial charge in [0.1, 0.15) is 0 Å². The number of aliphatic hydroxyl groups is 1. The van der Waals surface area contributed by atoms with Gasteiger partial charge in [-0.1, -0.05) is 36.4 Å². The zero-order valence-electron chi connectivity index (χ0n) is 11.2. The zero-order valence-corrected chi connectivity index (χ0v) is 11.2. The van der Waals surface area contributed by atoms with Crippen LogP contribution in [-0.4, -0.2) is 11.7 Å². The van der Waals surface area contributed by atoms with Crippen LogP contribution < -0.4 is 5.32 Å². The van der Waals surface area contributed by atoms with Crippen LogP contribution in [0.4, 0.5) is 8.78 Å². The molecule has 2 aromatic rings. The van der Waals surface area contributed by atoms with Crippen molar-refractivity contribution in [3.63, 3.8) is 0 Å². The van der Waals surface area contributed by atoms with Crippen LogP contribution in [0.1, 0.15) is 18.1 Å². The van der Waals surface area contributed by atoms with Crippen molar-refractivity contribution < 1.29 is 13.9 Å². The standard InChI is InChI=1S/C16H17F2NO/c1-16(11-20,13-5-3-2-4-6-13)19-10-12-7-8-14(17)15(18)9-12/h2-9,19-20H,10-11H2,1H3. The van der Waals surface area contributed by atoms with E-state index < -0.39 is 17.2 Å². The fraction of sp³-hybridized carbons (Fsp3) is 0.250. The highest BCUT2D eigenvalue weighted by atomic mass is 19.2. The molecule has 0 saturated carbocycles. The van der Waals surface area contributed by atoms with Gasteiger partial charge in [-0.3, -0.25) is 0 Å². The Bertz CT molecular complexity index is 574. The minimum absolute atomic E-state index is 0.0965.